The van der Waals surface area contributed by atoms with Gasteiger partial charge in [-0.3, -0.25) is 4.79 Å². The van der Waals surface area contributed by atoms with E-state index in [9.17, 15) is 14.0 Å². The van der Waals surface area contributed by atoms with Crippen LogP contribution in [0.2, 0.25) is 0 Å². The topological polar surface area (TPSA) is 59.3 Å². The number of halogens is 1. The van der Waals surface area contributed by atoms with Crippen molar-refractivity contribution in [1.82, 2.24) is 4.57 Å². The molecule has 0 aliphatic carbocycles. The van der Waals surface area contributed by atoms with Crippen molar-refractivity contribution in [2.45, 2.75) is 13.5 Å². The highest BCUT2D eigenvalue weighted by molar-refractivity contribution is 5.92. The van der Waals surface area contributed by atoms with Crippen molar-refractivity contribution in [3.8, 4) is 0 Å². The first-order valence-corrected chi connectivity index (χ1v) is 5.11. The Morgan fingerprint density at radius 2 is 2.12 bits per heavy atom. The highest BCUT2D eigenvalue weighted by atomic mass is 19.1. The number of pyridine rings is 1. The summed E-state index contributed by atoms with van der Waals surface area (Å²) in [5.41, 5.74) is -0.571. The van der Waals surface area contributed by atoms with E-state index in [-0.39, 0.29) is 17.6 Å². The Morgan fingerprint density at radius 3 is 2.71 bits per heavy atom. The molecule has 1 aromatic carbocycles. The van der Waals surface area contributed by atoms with E-state index in [0.717, 1.165) is 10.6 Å². The van der Waals surface area contributed by atoms with E-state index in [0.29, 0.717) is 5.39 Å². The summed E-state index contributed by atoms with van der Waals surface area (Å²) in [7, 11) is 0. The molecule has 0 atom stereocenters. The van der Waals surface area contributed by atoms with Gasteiger partial charge in [-0.2, -0.15) is 0 Å². The molecule has 0 fully saturated rings. The van der Waals surface area contributed by atoms with Gasteiger partial charge in [-0.15, -0.1) is 0 Å². The molecule has 0 spiro atoms. The second-order valence-electron chi connectivity index (χ2n) is 3.62. The summed E-state index contributed by atoms with van der Waals surface area (Å²) in [4.78, 5) is 23.0. The number of rotatable bonds is 2. The number of fused-ring (bicyclic) bond motifs is 1. The van der Waals surface area contributed by atoms with Crippen LogP contribution in [0.25, 0.3) is 10.8 Å². The maximum Gasteiger partial charge on any atom is 0.352 e. The third-order valence-corrected chi connectivity index (χ3v) is 2.61. The highest BCUT2D eigenvalue weighted by Gasteiger charge is 2.13. The standard InChI is InChI=1S/C12H10FNO3/c1-2-14-10(12(16)17)5-7-3-4-8(13)6-9(7)11(14)15/h3-6H,2H2,1H3,(H,16,17). The average Bonchev–Trinajstić information content (AvgIpc) is 2.29. The molecule has 2 aromatic rings. The lowest BCUT2D eigenvalue weighted by molar-refractivity contribution is 0.0684. The molecule has 4 nitrogen and oxygen atoms in total. The summed E-state index contributed by atoms with van der Waals surface area (Å²) in [5.74, 6) is -1.68. The van der Waals surface area contributed by atoms with E-state index < -0.39 is 17.3 Å². The maximum absolute atomic E-state index is 13.0. The third-order valence-electron chi connectivity index (χ3n) is 2.61. The van der Waals surface area contributed by atoms with Gasteiger partial charge in [0.25, 0.3) is 5.56 Å². The van der Waals surface area contributed by atoms with E-state index in [1.807, 2.05) is 0 Å². The van der Waals surface area contributed by atoms with Crippen LogP contribution in [0.4, 0.5) is 4.39 Å². The Balaban J connectivity index is 2.93. The van der Waals surface area contributed by atoms with Crippen LogP contribution >= 0.6 is 0 Å². The molecule has 0 aliphatic rings. The minimum atomic E-state index is -1.17. The monoisotopic (exact) mass is 235 g/mol. The summed E-state index contributed by atoms with van der Waals surface area (Å²) in [5, 5.41) is 9.62. The lowest BCUT2D eigenvalue weighted by Crippen LogP contribution is -2.25. The minimum absolute atomic E-state index is 0.0865. The molecule has 1 N–H and O–H groups in total. The smallest absolute Gasteiger partial charge is 0.352 e. The molecule has 1 heterocycles. The normalized spacial score (nSPS) is 10.7. The Labute approximate surface area is 95.9 Å². The molecule has 0 bridgehead atoms. The lowest BCUT2D eigenvalue weighted by Gasteiger charge is -2.09. The second-order valence-corrected chi connectivity index (χ2v) is 3.62. The van der Waals surface area contributed by atoms with Crippen molar-refractivity contribution >= 4 is 16.7 Å². The molecular formula is C12H10FNO3. The van der Waals surface area contributed by atoms with Gasteiger partial charge in [0.2, 0.25) is 0 Å². The molecule has 0 unspecified atom stereocenters. The van der Waals surface area contributed by atoms with Crippen LogP contribution in [-0.4, -0.2) is 15.6 Å². The van der Waals surface area contributed by atoms with Crippen LogP contribution in [0.1, 0.15) is 17.4 Å². The average molecular weight is 235 g/mol. The van der Waals surface area contributed by atoms with Gasteiger partial charge in [-0.25, -0.2) is 9.18 Å². The minimum Gasteiger partial charge on any atom is -0.477 e. The van der Waals surface area contributed by atoms with Gasteiger partial charge in [-0.1, -0.05) is 6.07 Å². The number of nitrogens with zero attached hydrogens (tertiary/aromatic N) is 1. The van der Waals surface area contributed by atoms with Crippen molar-refractivity contribution in [3.05, 3.63) is 46.1 Å². The largest absolute Gasteiger partial charge is 0.477 e. The van der Waals surface area contributed by atoms with Crippen molar-refractivity contribution < 1.29 is 14.3 Å². The van der Waals surface area contributed by atoms with Gasteiger partial charge in [0.05, 0.1) is 5.39 Å². The van der Waals surface area contributed by atoms with Gasteiger partial charge in [0.15, 0.2) is 0 Å². The molecule has 0 saturated heterocycles. The first-order chi connectivity index (χ1) is 8.04. The van der Waals surface area contributed by atoms with Gasteiger partial charge in [-0.05, 0) is 30.5 Å². The number of benzene rings is 1. The summed E-state index contributed by atoms with van der Waals surface area (Å²) in [6.07, 6.45) is 0. The molecule has 0 aliphatic heterocycles. The van der Waals surface area contributed by atoms with Crippen molar-refractivity contribution in [2.75, 3.05) is 0 Å². The fourth-order valence-corrected chi connectivity index (χ4v) is 1.81. The molecule has 2 rings (SSSR count). The predicted molar refractivity (Wildman–Crippen MR) is 60.8 cm³/mol. The Bertz CT molecular complexity index is 661. The SMILES string of the molecule is CCn1c(C(=O)O)cc2ccc(F)cc2c1=O. The fourth-order valence-electron chi connectivity index (χ4n) is 1.81. The van der Waals surface area contributed by atoms with Crippen LogP contribution in [0.15, 0.2) is 29.1 Å². The molecule has 88 valence electrons. The second kappa shape index (κ2) is 4.01. The van der Waals surface area contributed by atoms with Crippen LogP contribution < -0.4 is 5.56 Å². The fraction of sp³-hybridized carbons (Fsp3) is 0.167. The number of aromatic carboxylic acids is 1. The quantitative estimate of drug-likeness (QED) is 0.864. The molecular weight excluding hydrogens is 225 g/mol. The molecule has 0 radical (unpaired) electrons. The molecule has 1 aromatic heterocycles. The van der Waals surface area contributed by atoms with Crippen LogP contribution in [0.5, 0.6) is 0 Å². The van der Waals surface area contributed by atoms with Gasteiger partial charge < -0.3 is 9.67 Å². The lowest BCUT2D eigenvalue weighted by atomic mass is 10.1. The number of hydrogen-bond acceptors (Lipinski definition) is 2. The van der Waals surface area contributed by atoms with Crippen LogP contribution in [-0.2, 0) is 6.54 Å². The first-order valence-electron chi connectivity index (χ1n) is 5.11. The highest BCUT2D eigenvalue weighted by Crippen LogP contribution is 2.14. The maximum atomic E-state index is 13.0. The van der Waals surface area contributed by atoms with E-state index in [2.05, 4.69) is 0 Å². The summed E-state index contributed by atoms with van der Waals surface area (Å²) in [6.45, 7) is 1.89. The summed E-state index contributed by atoms with van der Waals surface area (Å²) >= 11 is 0. The summed E-state index contributed by atoms with van der Waals surface area (Å²) < 4.78 is 14.2. The zero-order valence-electron chi connectivity index (χ0n) is 9.11. The van der Waals surface area contributed by atoms with Crippen molar-refractivity contribution in [1.29, 1.82) is 0 Å². The van der Waals surface area contributed by atoms with E-state index in [4.69, 9.17) is 5.11 Å². The molecule has 0 saturated carbocycles. The number of carboxylic acid groups (broad SMARTS) is 1. The third kappa shape index (κ3) is 1.80. The van der Waals surface area contributed by atoms with Crippen molar-refractivity contribution in [3.63, 3.8) is 0 Å². The molecule has 5 heteroatoms. The molecule has 0 amide bonds. The molecule has 17 heavy (non-hydrogen) atoms. The Kier molecular flexibility index (Phi) is 2.67. The van der Waals surface area contributed by atoms with Crippen LogP contribution in [0.3, 0.4) is 0 Å². The Morgan fingerprint density at radius 1 is 1.41 bits per heavy atom. The zero-order chi connectivity index (χ0) is 12.6. The number of carboxylic acids is 1. The number of carbonyl (C=O) groups is 1. The van der Waals surface area contributed by atoms with E-state index in [1.165, 1.54) is 18.2 Å². The van der Waals surface area contributed by atoms with Gasteiger partial charge >= 0.3 is 5.97 Å². The van der Waals surface area contributed by atoms with E-state index in [1.54, 1.807) is 6.92 Å². The van der Waals surface area contributed by atoms with Gasteiger partial charge in [0.1, 0.15) is 11.5 Å². The zero-order valence-corrected chi connectivity index (χ0v) is 9.11. The number of hydrogen-bond donors (Lipinski definition) is 1. The number of aromatic nitrogens is 1. The summed E-state index contributed by atoms with van der Waals surface area (Å²) in [6, 6.07) is 5.10. The van der Waals surface area contributed by atoms with Crippen LogP contribution in [0, 0.1) is 5.82 Å². The van der Waals surface area contributed by atoms with Crippen molar-refractivity contribution in [2.24, 2.45) is 0 Å². The Hall–Kier alpha value is -2.17. The van der Waals surface area contributed by atoms with E-state index >= 15 is 0 Å². The van der Waals surface area contributed by atoms with Gasteiger partial charge in [0, 0.05) is 6.54 Å². The predicted octanol–water partition coefficient (Wildman–Crippen LogP) is 1.86. The first kappa shape index (κ1) is 11.3.